The van der Waals surface area contributed by atoms with E-state index in [1.807, 2.05) is 9.80 Å². The number of carbonyl (C=O) groups is 2. The van der Waals surface area contributed by atoms with Crippen LogP contribution >= 0.6 is 0 Å². The largest absolute Gasteiger partial charge is 0.376 e. The minimum Gasteiger partial charge on any atom is -0.376 e. The quantitative estimate of drug-likeness (QED) is 0.815. The molecule has 0 aliphatic carbocycles. The smallest absolute Gasteiger partial charge is 0.240 e. The minimum absolute atomic E-state index is 0.0621. The second-order valence-electron chi connectivity index (χ2n) is 6.57. The van der Waals surface area contributed by atoms with Crippen LogP contribution in [0.5, 0.6) is 0 Å². The number of rotatable bonds is 4. The van der Waals surface area contributed by atoms with Gasteiger partial charge in [-0.2, -0.15) is 0 Å². The molecule has 3 aliphatic heterocycles. The van der Waals surface area contributed by atoms with Gasteiger partial charge in [-0.1, -0.05) is 0 Å². The molecule has 2 amide bonds. The van der Waals surface area contributed by atoms with E-state index in [0.717, 1.165) is 51.9 Å². The van der Waals surface area contributed by atoms with Crippen LogP contribution in [0, 0.1) is 0 Å². The molecule has 3 fully saturated rings. The highest BCUT2D eigenvalue weighted by atomic mass is 16.5. The van der Waals surface area contributed by atoms with Gasteiger partial charge in [-0.15, -0.1) is 0 Å². The van der Waals surface area contributed by atoms with E-state index in [1.54, 1.807) is 0 Å². The van der Waals surface area contributed by atoms with Gasteiger partial charge in [0.15, 0.2) is 0 Å². The third-order valence-electron chi connectivity index (χ3n) is 4.92. The molecule has 124 valence electrons. The summed E-state index contributed by atoms with van der Waals surface area (Å²) in [7, 11) is 0. The Hall–Kier alpha value is -1.14. The molecular formula is C16H27N3O3. The van der Waals surface area contributed by atoms with Crippen molar-refractivity contribution in [3.63, 3.8) is 0 Å². The van der Waals surface area contributed by atoms with E-state index in [0.29, 0.717) is 19.5 Å². The SMILES string of the molecule is O=C(CC1NCCN(CC2CCCO2)C1=O)N1CCCCC1. The molecule has 2 unspecified atom stereocenters. The Balaban J connectivity index is 1.51. The Kier molecular flexibility index (Phi) is 5.31. The zero-order chi connectivity index (χ0) is 15.4. The first-order chi connectivity index (χ1) is 10.7. The average molecular weight is 309 g/mol. The number of carbonyl (C=O) groups excluding carboxylic acids is 2. The molecule has 0 radical (unpaired) electrons. The molecule has 6 nitrogen and oxygen atoms in total. The fourth-order valence-electron chi connectivity index (χ4n) is 3.61. The second-order valence-corrected chi connectivity index (χ2v) is 6.57. The maximum absolute atomic E-state index is 12.6. The van der Waals surface area contributed by atoms with E-state index in [9.17, 15) is 9.59 Å². The summed E-state index contributed by atoms with van der Waals surface area (Å²) < 4.78 is 5.63. The summed E-state index contributed by atoms with van der Waals surface area (Å²) in [5.41, 5.74) is 0. The number of likely N-dealkylation sites (tertiary alicyclic amines) is 1. The number of hydrogen-bond donors (Lipinski definition) is 1. The van der Waals surface area contributed by atoms with E-state index in [1.165, 1.54) is 6.42 Å². The normalized spacial score (nSPS) is 29.9. The van der Waals surface area contributed by atoms with Crippen LogP contribution in [0.15, 0.2) is 0 Å². The molecule has 0 aromatic carbocycles. The van der Waals surface area contributed by atoms with Crippen molar-refractivity contribution in [2.24, 2.45) is 0 Å². The average Bonchev–Trinajstić information content (AvgIpc) is 3.05. The van der Waals surface area contributed by atoms with Crippen LogP contribution in [0.1, 0.15) is 38.5 Å². The van der Waals surface area contributed by atoms with Gasteiger partial charge in [0.05, 0.1) is 18.6 Å². The van der Waals surface area contributed by atoms with Crippen LogP contribution in [0.25, 0.3) is 0 Å². The Labute approximate surface area is 132 Å². The van der Waals surface area contributed by atoms with E-state index < -0.39 is 0 Å². The predicted molar refractivity (Wildman–Crippen MR) is 82.4 cm³/mol. The minimum atomic E-state index is -0.357. The van der Waals surface area contributed by atoms with Crippen molar-refractivity contribution in [1.29, 1.82) is 0 Å². The van der Waals surface area contributed by atoms with Gasteiger partial charge in [0, 0.05) is 39.3 Å². The molecule has 6 heteroatoms. The van der Waals surface area contributed by atoms with Gasteiger partial charge in [-0.05, 0) is 32.1 Å². The summed E-state index contributed by atoms with van der Waals surface area (Å²) in [5, 5.41) is 3.21. The van der Waals surface area contributed by atoms with Crippen molar-refractivity contribution in [3.05, 3.63) is 0 Å². The number of nitrogens with zero attached hydrogens (tertiary/aromatic N) is 2. The van der Waals surface area contributed by atoms with Crippen molar-refractivity contribution in [2.45, 2.75) is 50.7 Å². The number of piperazine rings is 1. The molecule has 0 saturated carbocycles. The molecule has 0 aromatic heterocycles. The third kappa shape index (κ3) is 3.79. The van der Waals surface area contributed by atoms with Crippen LogP contribution in [-0.2, 0) is 14.3 Å². The molecular weight excluding hydrogens is 282 g/mol. The number of hydrogen-bond acceptors (Lipinski definition) is 4. The van der Waals surface area contributed by atoms with Gasteiger partial charge in [0.2, 0.25) is 11.8 Å². The van der Waals surface area contributed by atoms with Gasteiger partial charge < -0.3 is 19.9 Å². The third-order valence-corrected chi connectivity index (χ3v) is 4.92. The molecule has 0 bridgehead atoms. The Bertz CT molecular complexity index is 403. The number of ether oxygens (including phenoxy) is 1. The Morgan fingerprint density at radius 2 is 2.00 bits per heavy atom. The standard InChI is InChI=1S/C16H27N3O3/c20-15(18-7-2-1-3-8-18)11-14-16(21)19(9-6-17-14)12-13-5-4-10-22-13/h13-14,17H,1-12H2. The van der Waals surface area contributed by atoms with Crippen molar-refractivity contribution >= 4 is 11.8 Å². The highest BCUT2D eigenvalue weighted by Crippen LogP contribution is 2.16. The van der Waals surface area contributed by atoms with Crippen molar-refractivity contribution in [3.8, 4) is 0 Å². The van der Waals surface area contributed by atoms with Crippen LogP contribution in [0.2, 0.25) is 0 Å². The summed E-state index contributed by atoms with van der Waals surface area (Å²) in [6, 6.07) is -0.357. The molecule has 3 aliphatic rings. The Morgan fingerprint density at radius 3 is 2.73 bits per heavy atom. The van der Waals surface area contributed by atoms with Gasteiger partial charge in [0.25, 0.3) is 0 Å². The number of piperidine rings is 1. The molecule has 2 atom stereocenters. The number of nitrogens with one attached hydrogen (secondary N) is 1. The van der Waals surface area contributed by atoms with E-state index in [-0.39, 0.29) is 24.0 Å². The van der Waals surface area contributed by atoms with Crippen LogP contribution < -0.4 is 5.32 Å². The first-order valence-electron chi connectivity index (χ1n) is 8.65. The van der Waals surface area contributed by atoms with Gasteiger partial charge >= 0.3 is 0 Å². The molecule has 1 N–H and O–H groups in total. The summed E-state index contributed by atoms with van der Waals surface area (Å²) in [6.45, 7) is 4.65. The van der Waals surface area contributed by atoms with E-state index in [2.05, 4.69) is 5.32 Å². The Morgan fingerprint density at radius 1 is 1.18 bits per heavy atom. The van der Waals surface area contributed by atoms with E-state index in [4.69, 9.17) is 4.74 Å². The summed E-state index contributed by atoms with van der Waals surface area (Å²) in [4.78, 5) is 28.7. The van der Waals surface area contributed by atoms with Crippen LogP contribution in [0.4, 0.5) is 0 Å². The summed E-state index contributed by atoms with van der Waals surface area (Å²) >= 11 is 0. The molecule has 0 aromatic rings. The van der Waals surface area contributed by atoms with Crippen molar-refractivity contribution < 1.29 is 14.3 Å². The highest BCUT2D eigenvalue weighted by molar-refractivity contribution is 5.89. The fraction of sp³-hybridized carbons (Fsp3) is 0.875. The molecule has 22 heavy (non-hydrogen) atoms. The summed E-state index contributed by atoms with van der Waals surface area (Å²) in [6.07, 6.45) is 5.98. The maximum Gasteiger partial charge on any atom is 0.240 e. The highest BCUT2D eigenvalue weighted by Gasteiger charge is 2.33. The van der Waals surface area contributed by atoms with Crippen LogP contribution in [0.3, 0.4) is 0 Å². The first kappa shape index (κ1) is 15.7. The van der Waals surface area contributed by atoms with E-state index >= 15 is 0 Å². The predicted octanol–water partition coefficient (Wildman–Crippen LogP) is 0.368. The van der Waals surface area contributed by atoms with Crippen LogP contribution in [-0.4, -0.2) is 73.1 Å². The molecule has 3 saturated heterocycles. The van der Waals surface area contributed by atoms with Crippen molar-refractivity contribution in [2.75, 3.05) is 39.3 Å². The lowest BCUT2D eigenvalue weighted by Gasteiger charge is -2.35. The van der Waals surface area contributed by atoms with Gasteiger partial charge in [-0.25, -0.2) is 0 Å². The van der Waals surface area contributed by atoms with Gasteiger partial charge in [-0.3, -0.25) is 9.59 Å². The van der Waals surface area contributed by atoms with Gasteiger partial charge in [0.1, 0.15) is 0 Å². The number of amides is 2. The second kappa shape index (κ2) is 7.42. The molecule has 3 heterocycles. The topological polar surface area (TPSA) is 61.9 Å². The molecule has 3 rings (SSSR count). The van der Waals surface area contributed by atoms with Crippen molar-refractivity contribution in [1.82, 2.24) is 15.1 Å². The lowest BCUT2D eigenvalue weighted by atomic mass is 10.1. The lowest BCUT2D eigenvalue weighted by Crippen LogP contribution is -2.57. The first-order valence-corrected chi connectivity index (χ1v) is 8.65. The molecule has 0 spiro atoms. The fourth-order valence-corrected chi connectivity index (χ4v) is 3.61. The lowest BCUT2D eigenvalue weighted by molar-refractivity contribution is -0.142. The summed E-state index contributed by atoms with van der Waals surface area (Å²) in [5.74, 6) is 0.177. The zero-order valence-corrected chi connectivity index (χ0v) is 13.3. The zero-order valence-electron chi connectivity index (χ0n) is 13.3. The maximum atomic E-state index is 12.6. The monoisotopic (exact) mass is 309 g/mol.